The van der Waals surface area contributed by atoms with Crippen LogP contribution >= 0.6 is 0 Å². The maximum absolute atomic E-state index is 13.2. The number of Topliss-reactive ketones (excluding diaryl/α,β-unsaturated/α-hetero) is 1. The standard InChI is InChI=1S/C30H32N4O7S/c1-29(2)22-12-13-30(29,26(35)17-22)18-42(40,41)33-24(28(36)37)15-19-8-10-20(11-9-19)21-5-3-6-23(16-21)32-27-25(34(38)39)7-4-14-31-27/h3-11,14,16,22,24,33H,12-13,15,17-18H2,1-2H3,(H,31,32)(H,36,37)/t22?,24-,30+/m0/s1. The van der Waals surface area contributed by atoms with E-state index in [0.29, 0.717) is 24.1 Å². The average Bonchev–Trinajstić information content (AvgIpc) is 3.27. The fourth-order valence-electron chi connectivity index (χ4n) is 6.49. The van der Waals surface area contributed by atoms with Gasteiger partial charge >= 0.3 is 11.7 Å². The molecule has 2 bridgehead atoms. The zero-order valence-corrected chi connectivity index (χ0v) is 24.1. The Balaban J connectivity index is 1.28. The lowest BCUT2D eigenvalue weighted by Gasteiger charge is -2.36. The lowest BCUT2D eigenvalue weighted by atomic mass is 9.70. The average molecular weight is 593 g/mol. The van der Waals surface area contributed by atoms with E-state index in [1.54, 1.807) is 42.5 Å². The number of benzene rings is 2. The molecular weight excluding hydrogens is 560 g/mol. The Hall–Kier alpha value is -4.16. The molecule has 2 aliphatic carbocycles. The summed E-state index contributed by atoms with van der Waals surface area (Å²) in [6.07, 6.45) is 3.05. The van der Waals surface area contributed by atoms with Crippen LogP contribution in [0.25, 0.3) is 11.1 Å². The second kappa shape index (κ2) is 10.9. The van der Waals surface area contributed by atoms with Crippen molar-refractivity contribution in [1.29, 1.82) is 0 Å². The molecule has 1 aromatic heterocycles. The predicted octanol–water partition coefficient (Wildman–Crippen LogP) is 4.71. The number of hydrogen-bond acceptors (Lipinski definition) is 8. The van der Waals surface area contributed by atoms with Gasteiger partial charge in [0.05, 0.1) is 10.7 Å². The highest BCUT2D eigenvalue weighted by molar-refractivity contribution is 7.89. The number of nitrogens with zero attached hydrogens (tertiary/aromatic N) is 2. The molecule has 5 rings (SSSR count). The summed E-state index contributed by atoms with van der Waals surface area (Å²) < 4.78 is 28.7. The summed E-state index contributed by atoms with van der Waals surface area (Å²) in [7, 11) is -4.07. The number of aliphatic carboxylic acids is 1. The molecule has 0 saturated heterocycles. The van der Waals surface area contributed by atoms with Crippen molar-refractivity contribution in [3.63, 3.8) is 0 Å². The third kappa shape index (κ3) is 5.51. The first kappa shape index (κ1) is 29.3. The van der Waals surface area contributed by atoms with Crippen molar-refractivity contribution in [2.45, 2.75) is 45.6 Å². The molecule has 0 aliphatic heterocycles. The first-order valence-corrected chi connectivity index (χ1v) is 15.3. The van der Waals surface area contributed by atoms with E-state index in [0.717, 1.165) is 17.5 Å². The molecule has 0 amide bonds. The van der Waals surface area contributed by atoms with Crippen LogP contribution in [0.1, 0.15) is 38.7 Å². The fourth-order valence-corrected chi connectivity index (χ4v) is 8.52. The van der Waals surface area contributed by atoms with Crippen LogP contribution in [0.15, 0.2) is 66.9 Å². The molecule has 3 aromatic rings. The summed E-state index contributed by atoms with van der Waals surface area (Å²) in [4.78, 5) is 39.7. The van der Waals surface area contributed by atoms with Crippen molar-refractivity contribution in [3.8, 4) is 11.1 Å². The predicted molar refractivity (Wildman–Crippen MR) is 157 cm³/mol. The molecule has 42 heavy (non-hydrogen) atoms. The normalized spacial score (nSPS) is 21.7. The van der Waals surface area contributed by atoms with Crippen molar-refractivity contribution >= 4 is 39.0 Å². The largest absolute Gasteiger partial charge is 0.480 e. The molecule has 1 unspecified atom stereocenters. The number of nitrogens with one attached hydrogen (secondary N) is 2. The highest BCUT2D eigenvalue weighted by atomic mass is 32.2. The number of sulfonamides is 1. The number of rotatable bonds is 11. The number of aromatic nitrogens is 1. The molecule has 3 atom stereocenters. The zero-order valence-electron chi connectivity index (χ0n) is 23.2. The molecule has 1 heterocycles. The third-order valence-electron chi connectivity index (χ3n) is 9.03. The van der Waals surface area contributed by atoms with Gasteiger partial charge < -0.3 is 10.4 Å². The van der Waals surface area contributed by atoms with Crippen LogP contribution in [0, 0.1) is 26.9 Å². The van der Waals surface area contributed by atoms with E-state index >= 15 is 0 Å². The van der Waals surface area contributed by atoms with Crippen molar-refractivity contribution in [1.82, 2.24) is 9.71 Å². The smallest absolute Gasteiger partial charge is 0.322 e. The first-order chi connectivity index (χ1) is 19.8. The van der Waals surface area contributed by atoms with E-state index in [1.165, 1.54) is 18.3 Å². The molecule has 2 aromatic carbocycles. The zero-order chi connectivity index (χ0) is 30.3. The van der Waals surface area contributed by atoms with Crippen LogP contribution in [0.3, 0.4) is 0 Å². The van der Waals surface area contributed by atoms with Crippen molar-refractivity contribution in [3.05, 3.63) is 82.5 Å². The molecule has 2 fully saturated rings. The highest BCUT2D eigenvalue weighted by Crippen LogP contribution is 2.64. The van der Waals surface area contributed by atoms with E-state index in [-0.39, 0.29) is 29.6 Å². The molecule has 3 N–H and O–H groups in total. The lowest BCUT2D eigenvalue weighted by Crippen LogP contribution is -2.49. The summed E-state index contributed by atoms with van der Waals surface area (Å²) in [5.41, 5.74) is 1.23. The molecule has 220 valence electrons. The van der Waals surface area contributed by atoms with Crippen LogP contribution in [0.5, 0.6) is 0 Å². The number of nitro groups is 1. The summed E-state index contributed by atoms with van der Waals surface area (Å²) in [5, 5.41) is 24.1. The van der Waals surface area contributed by atoms with Gasteiger partial charge in [0.2, 0.25) is 15.8 Å². The Labute approximate surface area is 243 Å². The van der Waals surface area contributed by atoms with Gasteiger partial charge in [-0.1, -0.05) is 50.2 Å². The number of pyridine rings is 1. The van der Waals surface area contributed by atoms with E-state index in [9.17, 15) is 33.2 Å². The minimum Gasteiger partial charge on any atom is -0.480 e. The van der Waals surface area contributed by atoms with Crippen LogP contribution in [-0.4, -0.2) is 47.0 Å². The monoisotopic (exact) mass is 592 g/mol. The molecule has 2 saturated carbocycles. The molecule has 11 nitrogen and oxygen atoms in total. The maximum atomic E-state index is 13.2. The molecule has 0 spiro atoms. The van der Waals surface area contributed by atoms with E-state index in [4.69, 9.17) is 0 Å². The van der Waals surface area contributed by atoms with Gasteiger partial charge in [-0.25, -0.2) is 18.1 Å². The minimum atomic E-state index is -4.07. The number of carbonyl (C=O) groups excluding carboxylic acids is 1. The molecule has 0 radical (unpaired) electrons. The number of carboxylic acid groups (broad SMARTS) is 1. The Morgan fingerprint density at radius 3 is 2.50 bits per heavy atom. The van der Waals surface area contributed by atoms with E-state index in [2.05, 4.69) is 15.0 Å². The number of anilines is 2. The molecular formula is C30H32N4O7S. The number of ketones is 1. The topological polar surface area (TPSA) is 169 Å². The van der Waals surface area contributed by atoms with Gasteiger partial charge in [0.1, 0.15) is 11.8 Å². The van der Waals surface area contributed by atoms with Crippen LogP contribution in [0.2, 0.25) is 0 Å². The Bertz CT molecular complexity index is 1660. The van der Waals surface area contributed by atoms with E-state index in [1.807, 2.05) is 19.9 Å². The number of carboxylic acids is 1. The second-order valence-electron chi connectivity index (χ2n) is 11.7. The Morgan fingerprint density at radius 2 is 1.88 bits per heavy atom. The Morgan fingerprint density at radius 1 is 1.14 bits per heavy atom. The minimum absolute atomic E-state index is 0.0471. The number of hydrogen-bond donors (Lipinski definition) is 3. The third-order valence-corrected chi connectivity index (χ3v) is 10.5. The number of fused-ring (bicyclic) bond motifs is 2. The maximum Gasteiger partial charge on any atom is 0.322 e. The first-order valence-electron chi connectivity index (χ1n) is 13.6. The van der Waals surface area contributed by atoms with Gasteiger partial charge in [-0.3, -0.25) is 19.7 Å². The summed E-state index contributed by atoms with van der Waals surface area (Å²) >= 11 is 0. The summed E-state index contributed by atoms with van der Waals surface area (Å²) in [6.45, 7) is 3.88. The summed E-state index contributed by atoms with van der Waals surface area (Å²) in [6, 6.07) is 15.7. The van der Waals surface area contributed by atoms with Crippen molar-refractivity contribution in [2.24, 2.45) is 16.7 Å². The summed E-state index contributed by atoms with van der Waals surface area (Å²) in [5.74, 6) is -1.49. The van der Waals surface area contributed by atoms with Gasteiger partial charge in [-0.2, -0.15) is 0 Å². The number of carbonyl (C=O) groups is 2. The SMILES string of the molecule is CC1(C)C2CC[C@@]1(CS(=O)(=O)N[C@@H](Cc1ccc(-c3cccc(Nc4ncccc4[N+](=O)[O-])c3)cc1)C(=O)O)C(=O)C2. The van der Waals surface area contributed by atoms with E-state index < -0.39 is 43.5 Å². The van der Waals surface area contributed by atoms with Crippen molar-refractivity contribution in [2.75, 3.05) is 11.1 Å². The quantitative estimate of drug-likeness (QED) is 0.211. The molecule has 12 heteroatoms. The fraction of sp³-hybridized carbons (Fsp3) is 0.367. The van der Waals surface area contributed by atoms with Gasteiger partial charge in [0.15, 0.2) is 0 Å². The van der Waals surface area contributed by atoms with Crippen LogP contribution in [0.4, 0.5) is 17.2 Å². The van der Waals surface area contributed by atoms with Gasteiger partial charge in [0.25, 0.3) is 0 Å². The van der Waals surface area contributed by atoms with Gasteiger partial charge in [-0.15, -0.1) is 0 Å². The second-order valence-corrected chi connectivity index (χ2v) is 13.4. The van der Waals surface area contributed by atoms with Crippen LogP contribution in [-0.2, 0) is 26.0 Å². The van der Waals surface area contributed by atoms with Gasteiger partial charge in [0, 0.05) is 29.8 Å². The van der Waals surface area contributed by atoms with Gasteiger partial charge in [-0.05, 0) is 65.5 Å². The van der Waals surface area contributed by atoms with Crippen molar-refractivity contribution < 1.29 is 28.0 Å². The highest BCUT2D eigenvalue weighted by Gasteiger charge is 2.65. The van der Waals surface area contributed by atoms with Crippen LogP contribution < -0.4 is 10.0 Å². The Kier molecular flexibility index (Phi) is 7.62. The molecule has 2 aliphatic rings. The lowest BCUT2D eigenvalue weighted by molar-refractivity contribution is -0.384.